The second-order valence-corrected chi connectivity index (χ2v) is 6.67. The van der Waals surface area contributed by atoms with Crippen LogP contribution in [0.5, 0.6) is 11.5 Å². The third-order valence-corrected chi connectivity index (χ3v) is 4.87. The number of rotatable bonds is 6. The van der Waals surface area contributed by atoms with Gasteiger partial charge in [0.1, 0.15) is 0 Å². The van der Waals surface area contributed by atoms with E-state index in [9.17, 15) is 9.59 Å². The van der Waals surface area contributed by atoms with Crippen LogP contribution in [0.25, 0.3) is 0 Å². The van der Waals surface area contributed by atoms with Gasteiger partial charge in [-0.25, -0.2) is 0 Å². The first-order chi connectivity index (χ1) is 13.0. The number of amides is 2. The molecule has 3 rings (SSSR count). The summed E-state index contributed by atoms with van der Waals surface area (Å²) in [5.74, 6) is 0.561. The van der Waals surface area contributed by atoms with Crippen LogP contribution >= 0.6 is 11.6 Å². The molecule has 1 N–H and O–H groups in total. The van der Waals surface area contributed by atoms with Crippen LogP contribution in [0.3, 0.4) is 0 Å². The second-order valence-electron chi connectivity index (χ2n) is 6.26. The average Bonchev–Trinajstić information content (AvgIpc) is 3.07. The molecule has 1 atom stereocenters. The number of anilines is 1. The minimum Gasteiger partial charge on any atom is -0.493 e. The fourth-order valence-electron chi connectivity index (χ4n) is 3.11. The van der Waals surface area contributed by atoms with Crippen molar-refractivity contribution >= 4 is 29.1 Å². The molecule has 1 unspecified atom stereocenters. The normalized spacial score (nSPS) is 16.3. The zero-order chi connectivity index (χ0) is 19.4. The molecule has 0 radical (unpaired) electrons. The number of halogens is 1. The molecule has 0 bridgehead atoms. The van der Waals surface area contributed by atoms with E-state index in [1.54, 1.807) is 43.4 Å². The second kappa shape index (κ2) is 8.31. The summed E-state index contributed by atoms with van der Waals surface area (Å²) in [5.41, 5.74) is 1.52. The van der Waals surface area contributed by atoms with E-state index in [1.807, 2.05) is 18.2 Å². The number of carbonyl (C=O) groups excluding carboxylic acids is 2. The topological polar surface area (TPSA) is 67.9 Å². The number of nitrogens with zero attached hydrogens (tertiary/aromatic N) is 1. The quantitative estimate of drug-likeness (QED) is 0.826. The molecule has 1 aliphatic rings. The summed E-state index contributed by atoms with van der Waals surface area (Å²) in [6, 6.07) is 12.6. The molecule has 7 heteroatoms. The van der Waals surface area contributed by atoms with E-state index in [1.165, 1.54) is 0 Å². The number of carbonyl (C=O) groups is 2. The van der Waals surface area contributed by atoms with Crippen LogP contribution in [0.4, 0.5) is 5.69 Å². The Hall–Kier alpha value is -2.73. The first-order valence-corrected chi connectivity index (χ1v) is 8.94. The van der Waals surface area contributed by atoms with E-state index < -0.39 is 5.92 Å². The van der Waals surface area contributed by atoms with Crippen LogP contribution in [-0.4, -0.2) is 32.6 Å². The molecule has 0 aliphatic carbocycles. The standard InChI is InChI=1S/C20H21ClN2O4/c1-26-17-8-7-13(9-18(17)27-2)11-22-20(25)14-10-19(24)23(12-14)16-6-4-3-5-15(16)21/h3-9,14H,10-12H2,1-2H3,(H,22,25). The average molecular weight is 389 g/mol. The van der Waals surface area contributed by atoms with Crippen LogP contribution in [0.1, 0.15) is 12.0 Å². The fourth-order valence-corrected chi connectivity index (χ4v) is 3.35. The summed E-state index contributed by atoms with van der Waals surface area (Å²) in [4.78, 5) is 26.4. The van der Waals surface area contributed by atoms with Crippen molar-refractivity contribution in [3.63, 3.8) is 0 Å². The lowest BCUT2D eigenvalue weighted by Crippen LogP contribution is -2.32. The maximum absolute atomic E-state index is 12.5. The van der Waals surface area contributed by atoms with Crippen molar-refractivity contribution in [1.82, 2.24) is 5.32 Å². The first-order valence-electron chi connectivity index (χ1n) is 8.57. The molecule has 27 heavy (non-hydrogen) atoms. The predicted molar refractivity (Wildman–Crippen MR) is 103 cm³/mol. The van der Waals surface area contributed by atoms with Gasteiger partial charge in [0.2, 0.25) is 11.8 Å². The molecular weight excluding hydrogens is 368 g/mol. The molecule has 2 aromatic carbocycles. The van der Waals surface area contributed by atoms with Gasteiger partial charge in [-0.05, 0) is 29.8 Å². The molecule has 1 heterocycles. The molecule has 2 aromatic rings. The zero-order valence-corrected chi connectivity index (χ0v) is 16.0. The van der Waals surface area contributed by atoms with Crippen molar-refractivity contribution in [3.8, 4) is 11.5 Å². The molecule has 142 valence electrons. The number of methoxy groups -OCH3 is 2. The Kier molecular flexibility index (Phi) is 5.86. The number of ether oxygens (including phenoxy) is 2. The highest BCUT2D eigenvalue weighted by atomic mass is 35.5. The Morgan fingerprint density at radius 1 is 1.19 bits per heavy atom. The monoisotopic (exact) mass is 388 g/mol. The Balaban J connectivity index is 1.62. The molecule has 0 aromatic heterocycles. The lowest BCUT2D eigenvalue weighted by Gasteiger charge is -2.18. The number of para-hydroxylation sites is 1. The van der Waals surface area contributed by atoms with E-state index in [-0.39, 0.29) is 18.2 Å². The summed E-state index contributed by atoms with van der Waals surface area (Å²) < 4.78 is 10.5. The molecule has 0 saturated carbocycles. The summed E-state index contributed by atoms with van der Waals surface area (Å²) >= 11 is 6.17. The summed E-state index contributed by atoms with van der Waals surface area (Å²) in [7, 11) is 3.13. The van der Waals surface area contributed by atoms with Crippen molar-refractivity contribution in [2.45, 2.75) is 13.0 Å². The Bertz CT molecular complexity index is 856. The van der Waals surface area contributed by atoms with Crippen LogP contribution in [-0.2, 0) is 16.1 Å². The van der Waals surface area contributed by atoms with Gasteiger partial charge in [0.25, 0.3) is 0 Å². The van der Waals surface area contributed by atoms with Gasteiger partial charge in [-0.15, -0.1) is 0 Å². The Morgan fingerprint density at radius 3 is 2.63 bits per heavy atom. The van der Waals surface area contributed by atoms with Gasteiger partial charge in [-0.2, -0.15) is 0 Å². The van der Waals surface area contributed by atoms with Crippen molar-refractivity contribution < 1.29 is 19.1 Å². The first kappa shape index (κ1) is 19.0. The highest BCUT2D eigenvalue weighted by Crippen LogP contribution is 2.31. The molecule has 2 amide bonds. The van der Waals surface area contributed by atoms with Crippen molar-refractivity contribution in [3.05, 3.63) is 53.1 Å². The smallest absolute Gasteiger partial charge is 0.227 e. The van der Waals surface area contributed by atoms with Gasteiger partial charge in [0.15, 0.2) is 11.5 Å². The number of hydrogen-bond donors (Lipinski definition) is 1. The van der Waals surface area contributed by atoms with Crippen molar-refractivity contribution in [2.24, 2.45) is 5.92 Å². The highest BCUT2D eigenvalue weighted by Gasteiger charge is 2.35. The molecule has 1 fully saturated rings. The van der Waals surface area contributed by atoms with E-state index >= 15 is 0 Å². The third-order valence-electron chi connectivity index (χ3n) is 4.55. The Labute approximate surface area is 163 Å². The van der Waals surface area contributed by atoms with Crippen molar-refractivity contribution in [1.29, 1.82) is 0 Å². The van der Waals surface area contributed by atoms with Gasteiger partial charge >= 0.3 is 0 Å². The number of nitrogens with one attached hydrogen (secondary N) is 1. The summed E-state index contributed by atoms with van der Waals surface area (Å²) in [6.07, 6.45) is 0.170. The molecule has 0 spiro atoms. The zero-order valence-electron chi connectivity index (χ0n) is 15.2. The minimum absolute atomic E-state index is 0.102. The Morgan fingerprint density at radius 2 is 1.93 bits per heavy atom. The lowest BCUT2D eigenvalue weighted by molar-refractivity contribution is -0.126. The predicted octanol–water partition coefficient (Wildman–Crippen LogP) is 3.03. The van der Waals surface area contributed by atoms with Crippen LogP contribution in [0.2, 0.25) is 5.02 Å². The van der Waals surface area contributed by atoms with Crippen LogP contribution in [0, 0.1) is 5.92 Å². The molecule has 1 aliphatic heterocycles. The number of benzene rings is 2. The van der Waals surface area contributed by atoms with Gasteiger partial charge in [-0.3, -0.25) is 9.59 Å². The van der Waals surface area contributed by atoms with Crippen LogP contribution < -0.4 is 19.7 Å². The van der Waals surface area contributed by atoms with Gasteiger partial charge in [0, 0.05) is 19.5 Å². The maximum atomic E-state index is 12.5. The van der Waals surface area contributed by atoms with Gasteiger partial charge in [0.05, 0.1) is 30.8 Å². The fraction of sp³-hybridized carbons (Fsp3) is 0.300. The largest absolute Gasteiger partial charge is 0.493 e. The third kappa shape index (κ3) is 4.17. The summed E-state index contributed by atoms with van der Waals surface area (Å²) in [6.45, 7) is 0.663. The van der Waals surface area contributed by atoms with Gasteiger partial charge < -0.3 is 19.7 Å². The molecule has 6 nitrogen and oxygen atoms in total. The highest BCUT2D eigenvalue weighted by molar-refractivity contribution is 6.33. The molecular formula is C20H21ClN2O4. The van der Waals surface area contributed by atoms with Crippen molar-refractivity contribution in [2.75, 3.05) is 25.7 Å². The maximum Gasteiger partial charge on any atom is 0.227 e. The van der Waals surface area contributed by atoms with E-state index in [0.717, 1.165) is 5.56 Å². The van der Waals surface area contributed by atoms with Gasteiger partial charge in [-0.1, -0.05) is 29.8 Å². The lowest BCUT2D eigenvalue weighted by atomic mass is 10.1. The summed E-state index contributed by atoms with van der Waals surface area (Å²) in [5, 5.41) is 3.39. The van der Waals surface area contributed by atoms with E-state index in [2.05, 4.69) is 5.32 Å². The minimum atomic E-state index is -0.408. The van der Waals surface area contributed by atoms with Crippen LogP contribution in [0.15, 0.2) is 42.5 Å². The van der Waals surface area contributed by atoms with E-state index in [0.29, 0.717) is 35.3 Å². The SMILES string of the molecule is COc1ccc(CNC(=O)C2CC(=O)N(c3ccccc3Cl)C2)cc1OC. The number of hydrogen-bond acceptors (Lipinski definition) is 4. The molecule has 1 saturated heterocycles. The van der Waals surface area contributed by atoms with E-state index in [4.69, 9.17) is 21.1 Å².